The number of rotatable bonds is 3. The van der Waals surface area contributed by atoms with Gasteiger partial charge in [0.25, 0.3) is 0 Å². The van der Waals surface area contributed by atoms with E-state index >= 15 is 0 Å². The first-order chi connectivity index (χ1) is 9.16. The lowest BCUT2D eigenvalue weighted by Gasteiger charge is -2.11. The highest BCUT2D eigenvalue weighted by Crippen LogP contribution is 2.26. The number of halogens is 1. The number of aromatic nitrogens is 3. The number of nitrogens with one attached hydrogen (secondary N) is 1. The lowest BCUT2D eigenvalue weighted by Crippen LogP contribution is -2.08. The summed E-state index contributed by atoms with van der Waals surface area (Å²) in [5.41, 5.74) is 5.98. The number of fused-ring (bicyclic) bond motifs is 1. The van der Waals surface area contributed by atoms with Crippen LogP contribution in [0, 0.1) is 6.92 Å². The van der Waals surface area contributed by atoms with Gasteiger partial charge in [0.05, 0.1) is 34.8 Å². The Morgan fingerprint density at radius 2 is 2.21 bits per heavy atom. The molecule has 0 radical (unpaired) electrons. The van der Waals surface area contributed by atoms with Crippen LogP contribution < -0.4 is 5.32 Å². The minimum absolute atomic E-state index is 0.695. The maximum absolute atomic E-state index is 6.08. The number of aryl methyl sites for hydroxylation is 2. The molecule has 4 nitrogen and oxygen atoms in total. The number of hydrogen-bond donors (Lipinski definition) is 1. The van der Waals surface area contributed by atoms with Crippen LogP contribution in [0.15, 0.2) is 12.4 Å². The second-order valence-electron chi connectivity index (χ2n) is 5.00. The van der Waals surface area contributed by atoms with Crippen LogP contribution in [0.3, 0.4) is 0 Å². The molecule has 0 aliphatic heterocycles. The van der Waals surface area contributed by atoms with Gasteiger partial charge in [-0.3, -0.25) is 9.67 Å². The standard InChI is InChI=1S/C14H17ClN4/c1-9-11(15)6-16-7-13(9)17-8-14-10-4-3-5-12(10)18-19(14)2/h6-7,17H,3-5,8H2,1-2H3. The summed E-state index contributed by atoms with van der Waals surface area (Å²) in [7, 11) is 2.01. The zero-order chi connectivity index (χ0) is 13.4. The van der Waals surface area contributed by atoms with Crippen LogP contribution in [0.4, 0.5) is 5.69 Å². The first kappa shape index (κ1) is 12.5. The Morgan fingerprint density at radius 1 is 1.37 bits per heavy atom. The van der Waals surface area contributed by atoms with Crippen LogP contribution >= 0.6 is 11.6 Å². The second-order valence-corrected chi connectivity index (χ2v) is 5.40. The Morgan fingerprint density at radius 3 is 3.05 bits per heavy atom. The first-order valence-corrected chi connectivity index (χ1v) is 6.92. The van der Waals surface area contributed by atoms with Crippen molar-refractivity contribution in [1.29, 1.82) is 0 Å². The molecule has 0 amide bonds. The van der Waals surface area contributed by atoms with Gasteiger partial charge in [-0.1, -0.05) is 11.6 Å². The van der Waals surface area contributed by atoms with Gasteiger partial charge in [0.2, 0.25) is 0 Å². The van der Waals surface area contributed by atoms with E-state index in [0.717, 1.165) is 30.6 Å². The van der Waals surface area contributed by atoms with Crippen LogP contribution in [0.2, 0.25) is 5.02 Å². The average molecular weight is 277 g/mol. The molecule has 0 aromatic carbocycles. The summed E-state index contributed by atoms with van der Waals surface area (Å²) in [4.78, 5) is 4.12. The quantitative estimate of drug-likeness (QED) is 0.937. The van der Waals surface area contributed by atoms with E-state index in [1.807, 2.05) is 24.9 Å². The van der Waals surface area contributed by atoms with Gasteiger partial charge in [-0.2, -0.15) is 5.10 Å². The number of hydrogen-bond acceptors (Lipinski definition) is 3. The number of pyridine rings is 1. The topological polar surface area (TPSA) is 42.7 Å². The molecule has 0 fully saturated rings. The molecule has 3 rings (SSSR count). The van der Waals surface area contributed by atoms with Crippen molar-refractivity contribution in [2.75, 3.05) is 5.32 Å². The Bertz CT molecular complexity index is 618. The molecule has 2 heterocycles. The van der Waals surface area contributed by atoms with E-state index in [1.165, 1.54) is 23.4 Å². The highest BCUT2D eigenvalue weighted by Gasteiger charge is 2.20. The molecule has 0 saturated heterocycles. The molecule has 1 aliphatic carbocycles. The monoisotopic (exact) mass is 276 g/mol. The highest BCUT2D eigenvalue weighted by molar-refractivity contribution is 6.31. The Labute approximate surface area is 117 Å². The summed E-state index contributed by atoms with van der Waals surface area (Å²) >= 11 is 6.08. The SMILES string of the molecule is Cc1c(Cl)cncc1NCc1c2c(nn1C)CCC2. The molecular weight excluding hydrogens is 260 g/mol. The molecule has 2 aromatic rings. The van der Waals surface area contributed by atoms with E-state index in [2.05, 4.69) is 15.4 Å². The van der Waals surface area contributed by atoms with Gasteiger partial charge in [-0.05, 0) is 37.3 Å². The van der Waals surface area contributed by atoms with Crippen LogP contribution in [0.5, 0.6) is 0 Å². The van der Waals surface area contributed by atoms with Crippen molar-refractivity contribution < 1.29 is 0 Å². The Balaban J connectivity index is 1.82. The maximum Gasteiger partial charge on any atom is 0.0660 e. The summed E-state index contributed by atoms with van der Waals surface area (Å²) in [6.45, 7) is 2.77. The van der Waals surface area contributed by atoms with Crippen LogP contribution in [0.1, 0.15) is 28.9 Å². The summed E-state index contributed by atoms with van der Waals surface area (Å²) < 4.78 is 1.99. The van der Waals surface area contributed by atoms with Gasteiger partial charge in [-0.25, -0.2) is 0 Å². The molecule has 100 valence electrons. The van der Waals surface area contributed by atoms with Crippen molar-refractivity contribution in [3.05, 3.63) is 39.9 Å². The zero-order valence-electron chi connectivity index (χ0n) is 11.2. The smallest absolute Gasteiger partial charge is 0.0660 e. The summed E-state index contributed by atoms with van der Waals surface area (Å²) in [6.07, 6.45) is 6.97. The summed E-state index contributed by atoms with van der Waals surface area (Å²) in [5, 5.41) is 8.69. The van der Waals surface area contributed by atoms with Gasteiger partial charge in [-0.15, -0.1) is 0 Å². The van der Waals surface area contributed by atoms with Gasteiger partial charge >= 0.3 is 0 Å². The van der Waals surface area contributed by atoms with Gasteiger partial charge in [0.1, 0.15) is 0 Å². The van der Waals surface area contributed by atoms with E-state index in [4.69, 9.17) is 11.6 Å². The van der Waals surface area contributed by atoms with Crippen molar-refractivity contribution in [1.82, 2.24) is 14.8 Å². The molecule has 1 aliphatic rings. The van der Waals surface area contributed by atoms with Crippen LogP contribution in [-0.2, 0) is 26.4 Å². The van der Waals surface area contributed by atoms with E-state index in [1.54, 1.807) is 6.20 Å². The minimum atomic E-state index is 0.695. The van der Waals surface area contributed by atoms with Crippen molar-refractivity contribution in [3.63, 3.8) is 0 Å². The third-order valence-corrected chi connectivity index (χ3v) is 4.18. The lowest BCUT2D eigenvalue weighted by molar-refractivity contribution is 0.688. The van der Waals surface area contributed by atoms with E-state index in [0.29, 0.717) is 5.02 Å². The first-order valence-electron chi connectivity index (χ1n) is 6.54. The minimum Gasteiger partial charge on any atom is -0.378 e. The molecule has 1 N–H and O–H groups in total. The molecule has 5 heteroatoms. The normalized spacial score (nSPS) is 13.6. The second kappa shape index (κ2) is 4.85. The molecule has 0 atom stereocenters. The lowest BCUT2D eigenvalue weighted by atomic mass is 10.2. The molecule has 0 spiro atoms. The van der Waals surface area contributed by atoms with E-state index in [-0.39, 0.29) is 0 Å². The van der Waals surface area contributed by atoms with Crippen molar-refractivity contribution in [2.24, 2.45) is 7.05 Å². The van der Waals surface area contributed by atoms with Gasteiger partial charge in [0.15, 0.2) is 0 Å². The van der Waals surface area contributed by atoms with Crippen molar-refractivity contribution in [2.45, 2.75) is 32.7 Å². The number of anilines is 1. The van der Waals surface area contributed by atoms with Crippen molar-refractivity contribution in [3.8, 4) is 0 Å². The highest BCUT2D eigenvalue weighted by atomic mass is 35.5. The van der Waals surface area contributed by atoms with Crippen LogP contribution in [0.25, 0.3) is 0 Å². The molecule has 2 aromatic heterocycles. The molecule has 19 heavy (non-hydrogen) atoms. The predicted molar refractivity (Wildman–Crippen MR) is 76.5 cm³/mol. The maximum atomic E-state index is 6.08. The fourth-order valence-corrected chi connectivity index (χ4v) is 2.82. The fourth-order valence-electron chi connectivity index (χ4n) is 2.66. The molecular formula is C14H17ClN4. The van der Waals surface area contributed by atoms with Gasteiger partial charge in [0, 0.05) is 13.2 Å². The number of nitrogens with zero attached hydrogens (tertiary/aromatic N) is 3. The third kappa shape index (κ3) is 2.21. The molecule has 0 unspecified atom stereocenters. The molecule has 0 bridgehead atoms. The largest absolute Gasteiger partial charge is 0.378 e. The Hall–Kier alpha value is -1.55. The van der Waals surface area contributed by atoms with Crippen molar-refractivity contribution >= 4 is 17.3 Å². The zero-order valence-corrected chi connectivity index (χ0v) is 12.0. The van der Waals surface area contributed by atoms with E-state index in [9.17, 15) is 0 Å². The fraction of sp³-hybridized carbons (Fsp3) is 0.429. The summed E-state index contributed by atoms with van der Waals surface area (Å²) in [5.74, 6) is 0. The van der Waals surface area contributed by atoms with Gasteiger partial charge < -0.3 is 5.32 Å². The summed E-state index contributed by atoms with van der Waals surface area (Å²) in [6, 6.07) is 0. The predicted octanol–water partition coefficient (Wildman–Crippen LogP) is 2.88. The van der Waals surface area contributed by atoms with Crippen LogP contribution in [-0.4, -0.2) is 14.8 Å². The third-order valence-electron chi connectivity index (χ3n) is 3.80. The van der Waals surface area contributed by atoms with E-state index < -0.39 is 0 Å². The average Bonchev–Trinajstić information content (AvgIpc) is 2.93. The Kier molecular flexibility index (Phi) is 3.19. The molecule has 0 saturated carbocycles.